The van der Waals surface area contributed by atoms with Gasteiger partial charge in [-0.05, 0) is 34.5 Å². The first-order valence-corrected chi connectivity index (χ1v) is 6.71. The molecule has 100 valence electrons. The third-order valence-corrected chi connectivity index (χ3v) is 3.79. The van der Waals surface area contributed by atoms with Crippen LogP contribution in [0.15, 0.2) is 10.5 Å². The smallest absolute Gasteiger partial charge is 0.142 e. The number of hydrogen-bond donors (Lipinski definition) is 1. The molecular weight excluding hydrogens is 298 g/mol. The lowest BCUT2D eigenvalue weighted by Crippen LogP contribution is -2.33. The van der Waals surface area contributed by atoms with E-state index in [0.29, 0.717) is 0 Å². The molecule has 1 unspecified atom stereocenters. The Hall–Kier alpha value is -0.780. The zero-order chi connectivity index (χ0) is 13.1. The first-order chi connectivity index (χ1) is 8.69. The van der Waals surface area contributed by atoms with Gasteiger partial charge in [0, 0.05) is 18.7 Å². The van der Waals surface area contributed by atoms with Crippen LogP contribution in [0.1, 0.15) is 17.2 Å². The molecule has 5 heteroatoms. The minimum absolute atomic E-state index is 0.0228. The van der Waals surface area contributed by atoms with E-state index in [2.05, 4.69) is 27.3 Å². The van der Waals surface area contributed by atoms with Gasteiger partial charge in [0.15, 0.2) is 0 Å². The number of aryl methyl sites for hydroxylation is 1. The van der Waals surface area contributed by atoms with E-state index in [1.54, 1.807) is 14.2 Å². The van der Waals surface area contributed by atoms with Crippen molar-refractivity contribution in [3.63, 3.8) is 0 Å². The van der Waals surface area contributed by atoms with Gasteiger partial charge < -0.3 is 19.5 Å². The molecule has 18 heavy (non-hydrogen) atoms. The van der Waals surface area contributed by atoms with Gasteiger partial charge in [-0.2, -0.15) is 0 Å². The highest BCUT2D eigenvalue weighted by Gasteiger charge is 2.24. The topological polar surface area (TPSA) is 39.7 Å². The molecule has 2 rings (SSSR count). The summed E-state index contributed by atoms with van der Waals surface area (Å²) in [4.78, 5) is 0. The van der Waals surface area contributed by atoms with Crippen molar-refractivity contribution in [2.24, 2.45) is 0 Å². The average molecular weight is 316 g/mol. The number of benzene rings is 1. The lowest BCUT2D eigenvalue weighted by Gasteiger charge is -2.26. The van der Waals surface area contributed by atoms with Gasteiger partial charge in [-0.25, -0.2) is 0 Å². The molecule has 0 aliphatic carbocycles. The van der Waals surface area contributed by atoms with Crippen molar-refractivity contribution in [1.29, 1.82) is 0 Å². The van der Waals surface area contributed by atoms with Crippen LogP contribution in [0.2, 0.25) is 0 Å². The van der Waals surface area contributed by atoms with E-state index in [0.717, 1.165) is 46.8 Å². The molecule has 0 saturated carbocycles. The Morgan fingerprint density at radius 2 is 2.06 bits per heavy atom. The van der Waals surface area contributed by atoms with E-state index < -0.39 is 0 Å². The predicted molar refractivity (Wildman–Crippen MR) is 73.5 cm³/mol. The van der Waals surface area contributed by atoms with E-state index in [9.17, 15) is 0 Å². The van der Waals surface area contributed by atoms with Crippen LogP contribution in [-0.2, 0) is 4.74 Å². The summed E-state index contributed by atoms with van der Waals surface area (Å²) in [6, 6.07) is 2.07. The Bertz CT molecular complexity index is 431. The van der Waals surface area contributed by atoms with Gasteiger partial charge in [-0.1, -0.05) is 0 Å². The van der Waals surface area contributed by atoms with E-state index >= 15 is 0 Å². The molecule has 0 aromatic heterocycles. The molecule has 0 radical (unpaired) electrons. The molecule has 0 spiro atoms. The predicted octanol–water partition coefficient (Wildman–Crippen LogP) is 2.44. The largest absolute Gasteiger partial charge is 0.495 e. The Balaban J connectivity index is 2.45. The minimum atomic E-state index is 0.0228. The standard InChI is InChI=1S/C13H18BrNO3/c1-8-6-9(10-7-15-4-5-18-10)13(17-3)11(14)12(8)16-2/h6,10,15H,4-5,7H2,1-3H3. The van der Waals surface area contributed by atoms with Crippen LogP contribution in [0, 0.1) is 6.92 Å². The summed E-state index contributed by atoms with van der Waals surface area (Å²) in [5, 5.41) is 3.33. The quantitative estimate of drug-likeness (QED) is 0.930. The molecule has 1 fully saturated rings. The first-order valence-electron chi connectivity index (χ1n) is 5.92. The highest BCUT2D eigenvalue weighted by atomic mass is 79.9. The fourth-order valence-corrected chi connectivity index (χ4v) is 3.10. The molecule has 1 N–H and O–H groups in total. The second-order valence-electron chi connectivity index (χ2n) is 4.23. The summed E-state index contributed by atoms with van der Waals surface area (Å²) in [7, 11) is 3.32. The van der Waals surface area contributed by atoms with Crippen molar-refractivity contribution in [2.75, 3.05) is 33.9 Å². The van der Waals surface area contributed by atoms with E-state index in [1.165, 1.54) is 0 Å². The van der Waals surface area contributed by atoms with Crippen LogP contribution in [0.3, 0.4) is 0 Å². The zero-order valence-corrected chi connectivity index (χ0v) is 12.5. The van der Waals surface area contributed by atoms with Crippen LogP contribution in [-0.4, -0.2) is 33.9 Å². The molecule has 1 atom stereocenters. The summed E-state index contributed by atoms with van der Waals surface area (Å²) in [5.74, 6) is 1.59. The molecule has 1 aromatic carbocycles. The molecule has 1 aliphatic heterocycles. The Kier molecular flexibility index (Phi) is 4.48. The number of ether oxygens (including phenoxy) is 3. The summed E-state index contributed by atoms with van der Waals surface area (Å²) >= 11 is 3.54. The fraction of sp³-hybridized carbons (Fsp3) is 0.538. The Labute approximate surface area is 116 Å². The van der Waals surface area contributed by atoms with Gasteiger partial charge in [-0.15, -0.1) is 0 Å². The normalized spacial score (nSPS) is 19.7. The van der Waals surface area contributed by atoms with Crippen LogP contribution in [0.25, 0.3) is 0 Å². The molecule has 1 aromatic rings. The Morgan fingerprint density at radius 1 is 1.33 bits per heavy atom. The summed E-state index contributed by atoms with van der Waals surface area (Å²) in [6.45, 7) is 4.43. The van der Waals surface area contributed by atoms with Gasteiger partial charge in [0.1, 0.15) is 16.0 Å². The van der Waals surface area contributed by atoms with Gasteiger partial charge in [0.2, 0.25) is 0 Å². The van der Waals surface area contributed by atoms with E-state index in [4.69, 9.17) is 14.2 Å². The third kappa shape index (κ3) is 2.48. The summed E-state index contributed by atoms with van der Waals surface area (Å²) in [6.07, 6.45) is 0.0228. The van der Waals surface area contributed by atoms with Crippen LogP contribution >= 0.6 is 15.9 Å². The fourth-order valence-electron chi connectivity index (χ4n) is 2.23. The maximum atomic E-state index is 5.79. The maximum absolute atomic E-state index is 5.79. The van der Waals surface area contributed by atoms with Crippen molar-refractivity contribution in [2.45, 2.75) is 13.0 Å². The van der Waals surface area contributed by atoms with Crippen molar-refractivity contribution >= 4 is 15.9 Å². The van der Waals surface area contributed by atoms with E-state index in [-0.39, 0.29) is 6.10 Å². The van der Waals surface area contributed by atoms with Gasteiger partial charge >= 0.3 is 0 Å². The number of halogens is 1. The average Bonchev–Trinajstić information content (AvgIpc) is 2.39. The second kappa shape index (κ2) is 5.91. The molecule has 1 saturated heterocycles. The highest BCUT2D eigenvalue weighted by Crippen LogP contribution is 2.42. The molecule has 0 bridgehead atoms. The monoisotopic (exact) mass is 315 g/mol. The van der Waals surface area contributed by atoms with Crippen molar-refractivity contribution in [1.82, 2.24) is 5.32 Å². The van der Waals surface area contributed by atoms with Gasteiger partial charge in [0.05, 0.1) is 26.9 Å². The van der Waals surface area contributed by atoms with Crippen molar-refractivity contribution < 1.29 is 14.2 Å². The lowest BCUT2D eigenvalue weighted by molar-refractivity contribution is 0.0261. The number of hydrogen-bond acceptors (Lipinski definition) is 4. The first kappa shape index (κ1) is 13.6. The summed E-state index contributed by atoms with van der Waals surface area (Å²) < 4.78 is 17.5. The SMILES string of the molecule is COc1c(C)cc(C2CNCCO2)c(OC)c1Br. The molecule has 0 amide bonds. The lowest BCUT2D eigenvalue weighted by atomic mass is 10.0. The number of morpholine rings is 1. The second-order valence-corrected chi connectivity index (χ2v) is 5.02. The van der Waals surface area contributed by atoms with Gasteiger partial charge in [-0.3, -0.25) is 0 Å². The van der Waals surface area contributed by atoms with Gasteiger partial charge in [0.25, 0.3) is 0 Å². The molecule has 1 aliphatic rings. The summed E-state index contributed by atoms with van der Waals surface area (Å²) in [5.41, 5.74) is 2.12. The Morgan fingerprint density at radius 3 is 2.61 bits per heavy atom. The van der Waals surface area contributed by atoms with Crippen molar-refractivity contribution in [3.05, 3.63) is 21.7 Å². The minimum Gasteiger partial charge on any atom is -0.495 e. The maximum Gasteiger partial charge on any atom is 0.142 e. The van der Waals surface area contributed by atoms with Crippen LogP contribution < -0.4 is 14.8 Å². The number of rotatable bonds is 3. The van der Waals surface area contributed by atoms with E-state index in [1.807, 2.05) is 6.92 Å². The number of methoxy groups -OCH3 is 2. The highest BCUT2D eigenvalue weighted by molar-refractivity contribution is 9.10. The van der Waals surface area contributed by atoms with Crippen LogP contribution in [0.5, 0.6) is 11.5 Å². The zero-order valence-electron chi connectivity index (χ0n) is 10.9. The van der Waals surface area contributed by atoms with Crippen molar-refractivity contribution in [3.8, 4) is 11.5 Å². The molecule has 4 nitrogen and oxygen atoms in total. The molecule has 1 heterocycles. The van der Waals surface area contributed by atoms with Crippen LogP contribution in [0.4, 0.5) is 0 Å². The molecular formula is C13H18BrNO3. The third-order valence-electron chi connectivity index (χ3n) is 3.07. The number of nitrogens with one attached hydrogen (secondary N) is 1.